The Morgan fingerprint density at radius 3 is 2.64 bits per heavy atom. The number of nitrogens with zero attached hydrogens (tertiary/aromatic N) is 4. The highest BCUT2D eigenvalue weighted by molar-refractivity contribution is 5.95. The minimum Gasteiger partial charge on any atom is -0.390 e. The van der Waals surface area contributed by atoms with Crippen molar-refractivity contribution in [1.29, 1.82) is 0 Å². The summed E-state index contributed by atoms with van der Waals surface area (Å²) in [4.78, 5) is 14.7. The molecule has 7 heteroatoms. The van der Waals surface area contributed by atoms with Gasteiger partial charge in [0.25, 0.3) is 5.91 Å². The summed E-state index contributed by atoms with van der Waals surface area (Å²) in [5.74, 6) is 0.472. The number of aryl methyl sites for hydroxylation is 1. The maximum absolute atomic E-state index is 12.8. The van der Waals surface area contributed by atoms with Crippen LogP contribution in [0.3, 0.4) is 0 Å². The fraction of sp³-hybridized carbons (Fsp3) is 0.611. The van der Waals surface area contributed by atoms with Crippen LogP contribution in [0.1, 0.15) is 49.2 Å². The average Bonchev–Trinajstić information content (AvgIpc) is 3.11. The van der Waals surface area contributed by atoms with Crippen molar-refractivity contribution in [2.75, 3.05) is 13.1 Å². The van der Waals surface area contributed by atoms with Gasteiger partial charge in [0.05, 0.1) is 17.5 Å². The Morgan fingerprint density at radius 2 is 2.08 bits per heavy atom. The summed E-state index contributed by atoms with van der Waals surface area (Å²) >= 11 is 0. The van der Waals surface area contributed by atoms with Crippen LogP contribution < -0.4 is 0 Å². The van der Waals surface area contributed by atoms with Crippen LogP contribution >= 0.6 is 0 Å². The molecule has 0 saturated carbocycles. The monoisotopic (exact) mass is 345 g/mol. The number of H-pyrrole nitrogens is 1. The van der Waals surface area contributed by atoms with Gasteiger partial charge >= 0.3 is 0 Å². The molecule has 3 heterocycles. The van der Waals surface area contributed by atoms with E-state index in [-0.39, 0.29) is 5.91 Å². The molecule has 7 nitrogen and oxygen atoms in total. The SMILES string of the molecule is Cc1c(-c2cnn(C)c2)n[nH]c1C(=O)N1CCC(CC(C)(C)O)CC1. The van der Waals surface area contributed by atoms with Crippen molar-refractivity contribution >= 4 is 5.91 Å². The number of hydrogen-bond donors (Lipinski definition) is 2. The number of carbonyl (C=O) groups is 1. The number of rotatable bonds is 4. The molecule has 0 radical (unpaired) electrons. The highest BCUT2D eigenvalue weighted by Gasteiger charge is 2.29. The standard InChI is InChI=1S/C18H27N5O2/c1-12-15(14-10-19-22(4)11-14)20-21-16(12)17(24)23-7-5-13(6-8-23)9-18(2,3)25/h10-11,13,25H,5-9H2,1-4H3,(H,20,21). The number of aliphatic hydroxyl groups is 1. The van der Waals surface area contributed by atoms with Gasteiger partial charge in [-0.05, 0) is 46.0 Å². The van der Waals surface area contributed by atoms with Crippen LogP contribution in [0.2, 0.25) is 0 Å². The van der Waals surface area contributed by atoms with Crippen molar-refractivity contribution in [3.8, 4) is 11.3 Å². The molecule has 0 unspecified atom stereocenters. The lowest BCUT2D eigenvalue weighted by molar-refractivity contribution is 0.0356. The molecule has 1 aliphatic heterocycles. The molecule has 25 heavy (non-hydrogen) atoms. The van der Waals surface area contributed by atoms with E-state index in [1.807, 2.05) is 38.9 Å². The summed E-state index contributed by atoms with van der Waals surface area (Å²) in [5.41, 5.74) is 2.44. The number of aromatic amines is 1. The van der Waals surface area contributed by atoms with Gasteiger partial charge in [-0.3, -0.25) is 14.6 Å². The molecule has 0 aliphatic carbocycles. The van der Waals surface area contributed by atoms with E-state index in [0.29, 0.717) is 11.6 Å². The van der Waals surface area contributed by atoms with Gasteiger partial charge in [0.2, 0.25) is 0 Å². The van der Waals surface area contributed by atoms with Crippen molar-refractivity contribution in [3.63, 3.8) is 0 Å². The topological polar surface area (TPSA) is 87.0 Å². The normalized spacial score (nSPS) is 16.4. The molecule has 0 atom stereocenters. The summed E-state index contributed by atoms with van der Waals surface area (Å²) in [6.45, 7) is 7.05. The van der Waals surface area contributed by atoms with Crippen molar-refractivity contribution in [2.45, 2.75) is 45.6 Å². The number of likely N-dealkylation sites (tertiary alicyclic amines) is 1. The largest absolute Gasteiger partial charge is 0.390 e. The van der Waals surface area contributed by atoms with E-state index in [2.05, 4.69) is 15.3 Å². The molecule has 2 aromatic rings. The Labute approximate surface area is 148 Å². The van der Waals surface area contributed by atoms with Gasteiger partial charge < -0.3 is 10.0 Å². The molecule has 0 spiro atoms. The third kappa shape index (κ3) is 3.92. The van der Waals surface area contributed by atoms with Crippen LogP contribution in [0, 0.1) is 12.8 Å². The second-order valence-electron chi connectivity index (χ2n) is 7.73. The maximum atomic E-state index is 12.8. The minimum absolute atomic E-state index is 0.00171. The van der Waals surface area contributed by atoms with E-state index in [4.69, 9.17) is 0 Å². The molecule has 136 valence electrons. The Bertz CT molecular complexity index is 748. The first-order valence-corrected chi connectivity index (χ1v) is 8.80. The number of nitrogens with one attached hydrogen (secondary N) is 1. The first-order chi connectivity index (χ1) is 11.7. The molecule has 1 saturated heterocycles. The Hall–Kier alpha value is -2.15. The second kappa shape index (κ2) is 6.63. The van der Waals surface area contributed by atoms with Crippen LogP contribution in [-0.2, 0) is 7.05 Å². The van der Waals surface area contributed by atoms with Crippen molar-refractivity contribution in [2.24, 2.45) is 13.0 Å². The molecule has 2 aromatic heterocycles. The van der Waals surface area contributed by atoms with Crippen LogP contribution in [0.15, 0.2) is 12.4 Å². The highest BCUT2D eigenvalue weighted by Crippen LogP contribution is 2.28. The minimum atomic E-state index is -0.643. The summed E-state index contributed by atoms with van der Waals surface area (Å²) < 4.78 is 1.72. The van der Waals surface area contributed by atoms with E-state index >= 15 is 0 Å². The number of hydrogen-bond acceptors (Lipinski definition) is 4. The van der Waals surface area contributed by atoms with Gasteiger partial charge in [0.1, 0.15) is 5.69 Å². The Kier molecular flexibility index (Phi) is 4.69. The average molecular weight is 345 g/mol. The zero-order chi connectivity index (χ0) is 18.2. The molecule has 2 N–H and O–H groups in total. The number of aromatic nitrogens is 4. The molecule has 3 rings (SSSR count). The predicted octanol–water partition coefficient (Wildman–Crippen LogP) is 2.13. The fourth-order valence-corrected chi connectivity index (χ4v) is 3.64. The summed E-state index contributed by atoms with van der Waals surface area (Å²) in [7, 11) is 1.86. The van der Waals surface area contributed by atoms with E-state index in [0.717, 1.165) is 49.2 Å². The van der Waals surface area contributed by atoms with Crippen molar-refractivity contribution in [3.05, 3.63) is 23.7 Å². The second-order valence-corrected chi connectivity index (χ2v) is 7.73. The van der Waals surface area contributed by atoms with E-state index in [9.17, 15) is 9.90 Å². The van der Waals surface area contributed by atoms with Crippen LogP contribution in [-0.4, -0.2) is 54.6 Å². The Balaban J connectivity index is 1.68. The molecule has 1 fully saturated rings. The zero-order valence-corrected chi connectivity index (χ0v) is 15.4. The number of piperidine rings is 1. The van der Waals surface area contributed by atoms with Gasteiger partial charge in [-0.1, -0.05) is 0 Å². The Morgan fingerprint density at radius 1 is 1.40 bits per heavy atom. The smallest absolute Gasteiger partial charge is 0.272 e. The van der Waals surface area contributed by atoms with E-state index in [1.165, 1.54) is 0 Å². The van der Waals surface area contributed by atoms with Gasteiger partial charge in [-0.2, -0.15) is 10.2 Å². The lowest BCUT2D eigenvalue weighted by atomic mass is 9.86. The van der Waals surface area contributed by atoms with Crippen LogP contribution in [0.25, 0.3) is 11.3 Å². The summed E-state index contributed by atoms with van der Waals surface area (Å²) in [6, 6.07) is 0. The first-order valence-electron chi connectivity index (χ1n) is 8.80. The molecular weight excluding hydrogens is 318 g/mol. The lowest BCUT2D eigenvalue weighted by Crippen LogP contribution is -2.40. The molecule has 1 amide bonds. The first kappa shape index (κ1) is 17.7. The number of carbonyl (C=O) groups excluding carboxylic acids is 1. The van der Waals surface area contributed by atoms with Gasteiger partial charge in [0.15, 0.2) is 0 Å². The molecule has 1 aliphatic rings. The summed E-state index contributed by atoms with van der Waals surface area (Å²) in [5, 5.41) is 21.4. The molecular formula is C18H27N5O2. The van der Waals surface area contributed by atoms with Gasteiger partial charge in [-0.25, -0.2) is 0 Å². The fourth-order valence-electron chi connectivity index (χ4n) is 3.64. The quantitative estimate of drug-likeness (QED) is 0.889. The molecule has 0 aromatic carbocycles. The maximum Gasteiger partial charge on any atom is 0.272 e. The highest BCUT2D eigenvalue weighted by atomic mass is 16.3. The third-order valence-corrected chi connectivity index (χ3v) is 4.89. The van der Waals surface area contributed by atoms with E-state index in [1.54, 1.807) is 10.9 Å². The van der Waals surface area contributed by atoms with Gasteiger partial charge in [-0.15, -0.1) is 0 Å². The third-order valence-electron chi connectivity index (χ3n) is 4.89. The predicted molar refractivity (Wildman–Crippen MR) is 95.1 cm³/mol. The zero-order valence-electron chi connectivity index (χ0n) is 15.4. The van der Waals surface area contributed by atoms with Crippen LogP contribution in [0.5, 0.6) is 0 Å². The van der Waals surface area contributed by atoms with Crippen molar-refractivity contribution in [1.82, 2.24) is 24.9 Å². The summed E-state index contributed by atoms with van der Waals surface area (Å²) in [6.07, 6.45) is 6.28. The van der Waals surface area contributed by atoms with Crippen LogP contribution in [0.4, 0.5) is 0 Å². The van der Waals surface area contributed by atoms with Gasteiger partial charge in [0, 0.05) is 37.5 Å². The number of amides is 1. The lowest BCUT2D eigenvalue weighted by Gasteiger charge is -2.34. The van der Waals surface area contributed by atoms with Crippen molar-refractivity contribution < 1.29 is 9.90 Å². The van der Waals surface area contributed by atoms with E-state index < -0.39 is 5.60 Å². The molecule has 0 bridgehead atoms.